The minimum absolute atomic E-state index is 0.0494. The van der Waals surface area contributed by atoms with Gasteiger partial charge < -0.3 is 5.73 Å². The SMILES string of the molecule is CC(C)(N)CC1CCC(F)(F)CC1. The van der Waals surface area contributed by atoms with E-state index in [1.807, 2.05) is 13.8 Å². The predicted molar refractivity (Wildman–Crippen MR) is 49.8 cm³/mol. The van der Waals surface area contributed by atoms with Crippen LogP contribution in [-0.4, -0.2) is 11.5 Å². The molecule has 1 saturated carbocycles. The van der Waals surface area contributed by atoms with Gasteiger partial charge in [-0.1, -0.05) is 0 Å². The first-order valence-electron chi connectivity index (χ1n) is 4.95. The normalized spacial score (nSPS) is 24.7. The van der Waals surface area contributed by atoms with Crippen LogP contribution in [0, 0.1) is 5.92 Å². The minimum atomic E-state index is -2.41. The van der Waals surface area contributed by atoms with Gasteiger partial charge in [-0.2, -0.15) is 0 Å². The Labute approximate surface area is 78.7 Å². The molecule has 0 aromatic carbocycles. The number of rotatable bonds is 2. The van der Waals surface area contributed by atoms with Crippen LogP contribution in [0.3, 0.4) is 0 Å². The fraction of sp³-hybridized carbons (Fsp3) is 1.00. The van der Waals surface area contributed by atoms with E-state index in [9.17, 15) is 8.78 Å². The summed E-state index contributed by atoms with van der Waals surface area (Å²) in [7, 11) is 0. The Morgan fingerprint density at radius 3 is 2.15 bits per heavy atom. The summed E-state index contributed by atoms with van der Waals surface area (Å²) in [6.45, 7) is 3.92. The van der Waals surface area contributed by atoms with Crippen molar-refractivity contribution in [1.29, 1.82) is 0 Å². The number of alkyl halides is 2. The molecular formula is C10H19F2N. The Morgan fingerprint density at radius 2 is 1.77 bits per heavy atom. The summed E-state index contributed by atoms with van der Waals surface area (Å²) in [5, 5.41) is 0. The van der Waals surface area contributed by atoms with E-state index in [0.717, 1.165) is 6.42 Å². The molecule has 2 N–H and O–H groups in total. The molecule has 0 spiro atoms. The fourth-order valence-electron chi connectivity index (χ4n) is 2.05. The number of nitrogens with two attached hydrogens (primary N) is 1. The Hall–Kier alpha value is -0.180. The first-order chi connectivity index (χ1) is 5.79. The summed E-state index contributed by atoms with van der Waals surface area (Å²) in [5.41, 5.74) is 5.64. The van der Waals surface area contributed by atoms with Gasteiger partial charge in [-0.15, -0.1) is 0 Å². The molecular weight excluding hydrogens is 172 g/mol. The fourth-order valence-corrected chi connectivity index (χ4v) is 2.05. The second-order valence-corrected chi connectivity index (χ2v) is 4.99. The molecule has 0 amide bonds. The molecule has 0 heterocycles. The topological polar surface area (TPSA) is 26.0 Å². The lowest BCUT2D eigenvalue weighted by Gasteiger charge is -2.32. The summed E-state index contributed by atoms with van der Waals surface area (Å²) < 4.78 is 25.6. The number of hydrogen-bond donors (Lipinski definition) is 1. The molecule has 0 radical (unpaired) electrons. The van der Waals surface area contributed by atoms with Gasteiger partial charge in [0.05, 0.1) is 0 Å². The van der Waals surface area contributed by atoms with E-state index in [4.69, 9.17) is 5.73 Å². The maximum Gasteiger partial charge on any atom is 0.248 e. The third kappa shape index (κ3) is 4.03. The summed E-state index contributed by atoms with van der Waals surface area (Å²) in [5.74, 6) is -2.01. The number of halogens is 2. The second-order valence-electron chi connectivity index (χ2n) is 4.99. The highest BCUT2D eigenvalue weighted by Crippen LogP contribution is 2.38. The summed E-state index contributed by atoms with van der Waals surface area (Å²) in [4.78, 5) is 0. The molecule has 0 aromatic heterocycles. The van der Waals surface area contributed by atoms with Gasteiger partial charge in [0.2, 0.25) is 5.92 Å². The van der Waals surface area contributed by atoms with E-state index in [-0.39, 0.29) is 18.4 Å². The number of hydrogen-bond acceptors (Lipinski definition) is 1. The van der Waals surface area contributed by atoms with Gasteiger partial charge in [0.1, 0.15) is 0 Å². The van der Waals surface area contributed by atoms with E-state index in [1.165, 1.54) is 0 Å². The lowest BCUT2D eigenvalue weighted by Crippen LogP contribution is -2.36. The van der Waals surface area contributed by atoms with Gasteiger partial charge in [0.15, 0.2) is 0 Å². The van der Waals surface area contributed by atoms with Gasteiger partial charge in [0, 0.05) is 18.4 Å². The van der Waals surface area contributed by atoms with Crippen molar-refractivity contribution in [3.05, 3.63) is 0 Å². The van der Waals surface area contributed by atoms with Crippen LogP contribution in [0.15, 0.2) is 0 Å². The molecule has 0 aromatic rings. The maximum absolute atomic E-state index is 12.8. The molecule has 0 unspecified atom stereocenters. The van der Waals surface area contributed by atoms with E-state index in [0.29, 0.717) is 18.8 Å². The molecule has 3 heteroatoms. The van der Waals surface area contributed by atoms with Crippen LogP contribution < -0.4 is 5.73 Å². The van der Waals surface area contributed by atoms with Gasteiger partial charge in [-0.3, -0.25) is 0 Å². The van der Waals surface area contributed by atoms with Crippen LogP contribution in [0.2, 0.25) is 0 Å². The Kier molecular flexibility index (Phi) is 2.95. The molecule has 1 fully saturated rings. The maximum atomic E-state index is 12.8. The highest BCUT2D eigenvalue weighted by atomic mass is 19.3. The van der Waals surface area contributed by atoms with E-state index >= 15 is 0 Å². The van der Waals surface area contributed by atoms with Crippen LogP contribution in [-0.2, 0) is 0 Å². The first kappa shape index (κ1) is 10.9. The Morgan fingerprint density at radius 1 is 1.31 bits per heavy atom. The van der Waals surface area contributed by atoms with Gasteiger partial charge in [-0.05, 0) is 39.0 Å². The zero-order valence-corrected chi connectivity index (χ0v) is 8.45. The minimum Gasteiger partial charge on any atom is -0.326 e. The molecule has 0 bridgehead atoms. The molecule has 0 aliphatic heterocycles. The van der Waals surface area contributed by atoms with Crippen LogP contribution >= 0.6 is 0 Å². The highest BCUT2D eigenvalue weighted by molar-refractivity contribution is 4.83. The Balaban J connectivity index is 2.34. The molecule has 1 nitrogen and oxygen atoms in total. The smallest absolute Gasteiger partial charge is 0.248 e. The standard InChI is InChI=1S/C10H19F2N/c1-9(2,13)7-8-3-5-10(11,12)6-4-8/h8H,3-7,13H2,1-2H3. The molecule has 13 heavy (non-hydrogen) atoms. The molecule has 1 aliphatic carbocycles. The third-order valence-corrected chi connectivity index (χ3v) is 2.65. The summed E-state index contributed by atoms with van der Waals surface area (Å²) >= 11 is 0. The van der Waals surface area contributed by atoms with Gasteiger partial charge in [0.25, 0.3) is 0 Å². The third-order valence-electron chi connectivity index (χ3n) is 2.65. The van der Waals surface area contributed by atoms with Crippen molar-refractivity contribution in [2.24, 2.45) is 11.7 Å². The van der Waals surface area contributed by atoms with E-state index < -0.39 is 5.92 Å². The van der Waals surface area contributed by atoms with Crippen LogP contribution in [0.1, 0.15) is 46.0 Å². The molecule has 1 rings (SSSR count). The Bertz CT molecular complexity index is 162. The van der Waals surface area contributed by atoms with Crippen LogP contribution in [0.25, 0.3) is 0 Å². The first-order valence-corrected chi connectivity index (χ1v) is 4.95. The van der Waals surface area contributed by atoms with Crippen LogP contribution in [0.5, 0.6) is 0 Å². The van der Waals surface area contributed by atoms with E-state index in [1.54, 1.807) is 0 Å². The van der Waals surface area contributed by atoms with E-state index in [2.05, 4.69) is 0 Å². The average Bonchev–Trinajstić information content (AvgIpc) is 1.91. The second kappa shape index (κ2) is 3.52. The summed E-state index contributed by atoms with van der Waals surface area (Å²) in [6, 6.07) is 0. The van der Waals surface area contributed by atoms with Crippen molar-refractivity contribution in [2.75, 3.05) is 0 Å². The predicted octanol–water partition coefficient (Wildman–Crippen LogP) is 2.94. The van der Waals surface area contributed by atoms with Crippen LogP contribution in [0.4, 0.5) is 8.78 Å². The molecule has 0 atom stereocenters. The monoisotopic (exact) mass is 191 g/mol. The zero-order chi connectivity index (χ0) is 10.1. The summed E-state index contributed by atoms with van der Waals surface area (Å²) in [6.07, 6.45) is 2.23. The molecule has 78 valence electrons. The lowest BCUT2D eigenvalue weighted by atomic mass is 9.80. The highest BCUT2D eigenvalue weighted by Gasteiger charge is 2.35. The zero-order valence-electron chi connectivity index (χ0n) is 8.45. The molecule has 0 saturated heterocycles. The quantitative estimate of drug-likeness (QED) is 0.713. The van der Waals surface area contributed by atoms with Crippen molar-refractivity contribution >= 4 is 0 Å². The largest absolute Gasteiger partial charge is 0.326 e. The van der Waals surface area contributed by atoms with Crippen molar-refractivity contribution in [1.82, 2.24) is 0 Å². The van der Waals surface area contributed by atoms with Crippen molar-refractivity contribution in [2.45, 2.75) is 57.4 Å². The van der Waals surface area contributed by atoms with Gasteiger partial charge in [-0.25, -0.2) is 8.78 Å². The van der Waals surface area contributed by atoms with Gasteiger partial charge >= 0.3 is 0 Å². The van der Waals surface area contributed by atoms with Crippen molar-refractivity contribution in [3.63, 3.8) is 0 Å². The average molecular weight is 191 g/mol. The van der Waals surface area contributed by atoms with Crippen molar-refractivity contribution < 1.29 is 8.78 Å². The lowest BCUT2D eigenvalue weighted by molar-refractivity contribution is -0.0481. The van der Waals surface area contributed by atoms with Crippen molar-refractivity contribution in [3.8, 4) is 0 Å². The molecule has 1 aliphatic rings.